The molecule has 0 radical (unpaired) electrons. The summed E-state index contributed by atoms with van der Waals surface area (Å²) >= 11 is 0. The lowest BCUT2D eigenvalue weighted by atomic mass is 9.90. The average Bonchev–Trinajstić information content (AvgIpc) is 2.79. The number of likely N-dealkylation sites (tertiary alicyclic amines) is 1. The van der Waals surface area contributed by atoms with Crippen molar-refractivity contribution in [1.29, 1.82) is 0 Å². The monoisotopic (exact) mass is 415 g/mol. The Labute approximate surface area is 177 Å². The zero-order chi connectivity index (χ0) is 21.7. The predicted octanol–water partition coefficient (Wildman–Crippen LogP) is 3.61. The number of nitrogens with zero attached hydrogens (tertiary/aromatic N) is 1. The molecule has 162 valence electrons. The molecule has 1 heterocycles. The van der Waals surface area contributed by atoms with Crippen LogP contribution in [0.4, 0.5) is 0 Å². The maximum atomic E-state index is 11.4. The topological polar surface area (TPSA) is 77.5 Å². The highest BCUT2D eigenvalue weighted by molar-refractivity contribution is 5.70. The van der Waals surface area contributed by atoms with Gasteiger partial charge in [0.25, 0.3) is 0 Å². The number of carbonyl (C=O) groups is 1. The average molecular weight is 415 g/mol. The molecule has 3 rings (SSSR count). The Morgan fingerprint density at radius 1 is 0.867 bits per heavy atom. The van der Waals surface area contributed by atoms with Crippen molar-refractivity contribution in [1.82, 2.24) is 4.90 Å². The third-order valence-electron chi connectivity index (χ3n) is 5.71. The Morgan fingerprint density at radius 2 is 1.43 bits per heavy atom. The Balaban J connectivity index is 2.12. The first-order chi connectivity index (χ1) is 14.5. The molecule has 1 saturated heterocycles. The molecule has 1 atom stereocenters. The number of benzene rings is 2. The number of methoxy groups -OCH3 is 4. The fourth-order valence-electron chi connectivity index (χ4n) is 4.12. The van der Waals surface area contributed by atoms with E-state index in [1.807, 2.05) is 36.4 Å². The minimum atomic E-state index is -0.729. The molecule has 0 saturated carbocycles. The molecule has 1 unspecified atom stereocenters. The third-order valence-corrected chi connectivity index (χ3v) is 5.71. The molecule has 1 fully saturated rings. The first-order valence-electron chi connectivity index (χ1n) is 9.93. The van der Waals surface area contributed by atoms with Crippen LogP contribution in [0.15, 0.2) is 36.4 Å². The van der Waals surface area contributed by atoms with E-state index in [9.17, 15) is 9.90 Å². The summed E-state index contributed by atoms with van der Waals surface area (Å²) in [6.07, 6.45) is 1.19. The first-order valence-corrected chi connectivity index (χ1v) is 9.93. The number of carboxylic acid groups (broad SMARTS) is 1. The highest BCUT2D eigenvalue weighted by atomic mass is 16.5. The van der Waals surface area contributed by atoms with Crippen molar-refractivity contribution < 1.29 is 28.8 Å². The number of carboxylic acids is 1. The fraction of sp³-hybridized carbons (Fsp3) is 0.435. The largest absolute Gasteiger partial charge is 0.496 e. The van der Waals surface area contributed by atoms with Gasteiger partial charge < -0.3 is 24.1 Å². The quantitative estimate of drug-likeness (QED) is 0.706. The Hall–Kier alpha value is -2.93. The van der Waals surface area contributed by atoms with Gasteiger partial charge in [-0.2, -0.15) is 0 Å². The summed E-state index contributed by atoms with van der Waals surface area (Å²) in [5.74, 6) is 1.58. The van der Waals surface area contributed by atoms with Crippen molar-refractivity contribution in [2.45, 2.75) is 18.9 Å². The van der Waals surface area contributed by atoms with E-state index in [0.717, 1.165) is 16.9 Å². The van der Waals surface area contributed by atoms with Crippen LogP contribution in [0, 0.1) is 5.92 Å². The van der Waals surface area contributed by atoms with Gasteiger partial charge in [0, 0.05) is 17.2 Å². The SMILES string of the molecule is COc1cc(OC)c(C(c2ccccc2OC)N2CCC(C(=O)O)CC2)cc1OC. The van der Waals surface area contributed by atoms with Gasteiger partial charge in [-0.3, -0.25) is 9.69 Å². The normalized spacial score (nSPS) is 16.0. The second-order valence-electron chi connectivity index (χ2n) is 7.24. The Morgan fingerprint density at radius 3 is 2.00 bits per heavy atom. The molecule has 0 aliphatic carbocycles. The molecular weight excluding hydrogens is 386 g/mol. The second-order valence-corrected chi connectivity index (χ2v) is 7.24. The fourth-order valence-corrected chi connectivity index (χ4v) is 4.12. The van der Waals surface area contributed by atoms with Crippen molar-refractivity contribution in [3.8, 4) is 23.0 Å². The highest BCUT2D eigenvalue weighted by Gasteiger charge is 2.33. The summed E-state index contributed by atoms with van der Waals surface area (Å²) in [7, 11) is 6.47. The van der Waals surface area contributed by atoms with E-state index in [-0.39, 0.29) is 12.0 Å². The maximum Gasteiger partial charge on any atom is 0.306 e. The second kappa shape index (κ2) is 9.71. The van der Waals surface area contributed by atoms with Crippen molar-refractivity contribution in [2.75, 3.05) is 41.5 Å². The smallest absolute Gasteiger partial charge is 0.306 e. The lowest BCUT2D eigenvalue weighted by Gasteiger charge is -2.38. The Kier molecular flexibility index (Phi) is 7.05. The van der Waals surface area contributed by atoms with Gasteiger partial charge in [-0.25, -0.2) is 0 Å². The summed E-state index contributed by atoms with van der Waals surface area (Å²) in [4.78, 5) is 13.7. The van der Waals surface area contributed by atoms with E-state index in [1.54, 1.807) is 28.4 Å². The van der Waals surface area contributed by atoms with Crippen LogP contribution < -0.4 is 18.9 Å². The number of para-hydroxylation sites is 1. The van der Waals surface area contributed by atoms with E-state index < -0.39 is 5.97 Å². The molecule has 7 nitrogen and oxygen atoms in total. The van der Waals surface area contributed by atoms with Crippen LogP contribution in [0.25, 0.3) is 0 Å². The minimum Gasteiger partial charge on any atom is -0.496 e. The Bertz CT molecular complexity index is 876. The van der Waals surface area contributed by atoms with Crippen LogP contribution in [0.3, 0.4) is 0 Å². The van der Waals surface area contributed by atoms with Crippen LogP contribution in [0.2, 0.25) is 0 Å². The number of aliphatic carboxylic acids is 1. The van der Waals surface area contributed by atoms with Crippen LogP contribution >= 0.6 is 0 Å². The van der Waals surface area contributed by atoms with Gasteiger partial charge in [-0.1, -0.05) is 18.2 Å². The zero-order valence-electron chi connectivity index (χ0n) is 17.9. The van der Waals surface area contributed by atoms with Crippen LogP contribution in [0.5, 0.6) is 23.0 Å². The summed E-state index contributed by atoms with van der Waals surface area (Å²) in [5, 5.41) is 9.40. The number of rotatable bonds is 8. The molecule has 0 spiro atoms. The van der Waals surface area contributed by atoms with Gasteiger partial charge >= 0.3 is 5.97 Å². The molecule has 0 bridgehead atoms. The van der Waals surface area contributed by atoms with Gasteiger partial charge in [0.05, 0.1) is 40.4 Å². The van der Waals surface area contributed by atoms with Crippen LogP contribution in [-0.2, 0) is 4.79 Å². The van der Waals surface area contributed by atoms with Crippen molar-refractivity contribution in [2.24, 2.45) is 5.92 Å². The van der Waals surface area contributed by atoms with E-state index in [4.69, 9.17) is 18.9 Å². The van der Waals surface area contributed by atoms with Gasteiger partial charge in [0.2, 0.25) is 0 Å². The molecule has 2 aromatic carbocycles. The number of piperidine rings is 1. The molecule has 7 heteroatoms. The summed E-state index contributed by atoms with van der Waals surface area (Å²) in [6.45, 7) is 1.30. The number of hydrogen-bond donors (Lipinski definition) is 1. The number of hydrogen-bond acceptors (Lipinski definition) is 6. The zero-order valence-corrected chi connectivity index (χ0v) is 17.9. The van der Waals surface area contributed by atoms with E-state index in [0.29, 0.717) is 43.2 Å². The predicted molar refractivity (Wildman–Crippen MR) is 113 cm³/mol. The van der Waals surface area contributed by atoms with E-state index in [2.05, 4.69) is 4.90 Å². The van der Waals surface area contributed by atoms with Crippen molar-refractivity contribution in [3.63, 3.8) is 0 Å². The standard InChI is InChI=1S/C23H29NO6/c1-27-18-8-6-5-7-16(18)22(24-11-9-15(10-12-24)23(25)26)17-13-20(29-3)21(30-4)14-19(17)28-2/h5-8,13-15,22H,9-12H2,1-4H3,(H,25,26). The summed E-state index contributed by atoms with van der Waals surface area (Å²) < 4.78 is 22.4. The molecular formula is C23H29NO6. The van der Waals surface area contributed by atoms with Gasteiger partial charge in [-0.15, -0.1) is 0 Å². The summed E-state index contributed by atoms with van der Waals surface area (Å²) in [5.41, 5.74) is 1.90. The van der Waals surface area contributed by atoms with Gasteiger partial charge in [-0.05, 0) is 38.1 Å². The van der Waals surface area contributed by atoms with Crippen LogP contribution in [0.1, 0.15) is 30.0 Å². The first kappa shape index (κ1) is 21.8. The molecule has 1 aliphatic rings. The maximum absolute atomic E-state index is 11.4. The van der Waals surface area contributed by atoms with Crippen LogP contribution in [-0.4, -0.2) is 57.5 Å². The van der Waals surface area contributed by atoms with E-state index in [1.165, 1.54) is 0 Å². The number of ether oxygens (including phenoxy) is 4. The lowest BCUT2D eigenvalue weighted by Crippen LogP contribution is -2.39. The third kappa shape index (κ3) is 4.31. The van der Waals surface area contributed by atoms with Crippen molar-refractivity contribution >= 4 is 5.97 Å². The molecule has 0 amide bonds. The lowest BCUT2D eigenvalue weighted by molar-refractivity contribution is -0.143. The molecule has 0 aromatic heterocycles. The van der Waals surface area contributed by atoms with Crippen molar-refractivity contribution in [3.05, 3.63) is 47.5 Å². The molecule has 1 N–H and O–H groups in total. The molecule has 1 aliphatic heterocycles. The summed E-state index contributed by atoms with van der Waals surface area (Å²) in [6, 6.07) is 11.4. The minimum absolute atomic E-state index is 0.189. The molecule has 2 aromatic rings. The highest BCUT2D eigenvalue weighted by Crippen LogP contribution is 2.44. The molecule has 30 heavy (non-hydrogen) atoms. The van der Waals surface area contributed by atoms with E-state index >= 15 is 0 Å². The van der Waals surface area contributed by atoms with Gasteiger partial charge in [0.15, 0.2) is 11.5 Å². The van der Waals surface area contributed by atoms with Gasteiger partial charge in [0.1, 0.15) is 11.5 Å².